The summed E-state index contributed by atoms with van der Waals surface area (Å²) in [5, 5.41) is 4.38. The van der Waals surface area contributed by atoms with Crippen molar-refractivity contribution < 1.29 is 0 Å². The predicted octanol–water partition coefficient (Wildman–Crippen LogP) is 3.49. The first-order valence-corrected chi connectivity index (χ1v) is 6.55. The average Bonchev–Trinajstić information content (AvgIpc) is 2.57. The molecule has 0 saturated carbocycles. The summed E-state index contributed by atoms with van der Waals surface area (Å²) in [7, 11) is 0. The minimum Gasteiger partial charge on any atom is -0.270 e. The molecule has 2 aromatic rings. The molecule has 0 radical (unpaired) electrons. The first kappa shape index (κ1) is 11.1. The van der Waals surface area contributed by atoms with E-state index in [0.717, 1.165) is 21.1 Å². The molecule has 78 valence electrons. The Balaban J connectivity index is 1.99. The van der Waals surface area contributed by atoms with Crippen molar-refractivity contribution in [3.63, 3.8) is 0 Å². The van der Waals surface area contributed by atoms with E-state index in [9.17, 15) is 0 Å². The fourth-order valence-corrected chi connectivity index (χ4v) is 2.11. The Morgan fingerprint density at radius 3 is 2.60 bits per heavy atom. The minimum atomic E-state index is 0.922. The Hall–Kier alpha value is -0.360. The van der Waals surface area contributed by atoms with Crippen molar-refractivity contribution in [2.24, 2.45) is 0 Å². The van der Waals surface area contributed by atoms with Crippen LogP contribution in [0, 0.1) is 3.70 Å². The number of nitrogens with zero attached hydrogens (tertiary/aromatic N) is 2. The van der Waals surface area contributed by atoms with E-state index in [1.807, 2.05) is 16.9 Å². The molecule has 0 atom stereocenters. The van der Waals surface area contributed by atoms with Crippen molar-refractivity contribution in [1.82, 2.24) is 9.78 Å². The lowest BCUT2D eigenvalue weighted by molar-refractivity contribution is 0.611. The Morgan fingerprint density at radius 1 is 1.27 bits per heavy atom. The molecule has 15 heavy (non-hydrogen) atoms. The van der Waals surface area contributed by atoms with Gasteiger partial charge in [0.2, 0.25) is 0 Å². The van der Waals surface area contributed by atoms with Crippen LogP contribution in [0.3, 0.4) is 0 Å². The fourth-order valence-electron chi connectivity index (χ4n) is 1.38. The Bertz CT molecular complexity index is 420. The summed E-state index contributed by atoms with van der Waals surface area (Å²) < 4.78 is 4.05. The van der Waals surface area contributed by atoms with Gasteiger partial charge in [-0.2, -0.15) is 5.10 Å². The minimum absolute atomic E-state index is 0.922. The third-order valence-corrected chi connectivity index (χ3v) is 4.27. The molecular weight excluding hydrogens is 367 g/mol. The molecule has 1 aromatic carbocycles. The molecule has 0 N–H and O–H groups in total. The quantitative estimate of drug-likeness (QED) is 0.750. The van der Waals surface area contributed by atoms with Gasteiger partial charge in [0.25, 0.3) is 0 Å². The second-order valence-corrected chi connectivity index (χ2v) is 5.14. The third-order valence-electron chi connectivity index (χ3n) is 2.15. The maximum absolute atomic E-state index is 4.38. The lowest BCUT2D eigenvalue weighted by Gasteiger charge is -2.01. The summed E-state index contributed by atoms with van der Waals surface area (Å²) in [4.78, 5) is 0. The van der Waals surface area contributed by atoms with E-state index in [0.29, 0.717) is 0 Å². The number of halogens is 2. The van der Waals surface area contributed by atoms with E-state index in [1.165, 1.54) is 5.56 Å². The Kier molecular flexibility index (Phi) is 3.80. The van der Waals surface area contributed by atoms with E-state index in [-0.39, 0.29) is 0 Å². The molecule has 0 aliphatic heterocycles. The van der Waals surface area contributed by atoms with Crippen LogP contribution in [0.2, 0.25) is 0 Å². The second kappa shape index (κ2) is 5.12. The summed E-state index contributed by atoms with van der Waals surface area (Å²) in [5.74, 6) is 0. The molecular formula is C11H10BrIN2. The van der Waals surface area contributed by atoms with Crippen molar-refractivity contribution in [1.29, 1.82) is 0 Å². The molecule has 0 aliphatic rings. The summed E-state index contributed by atoms with van der Waals surface area (Å²) in [6.07, 6.45) is 3.04. The highest BCUT2D eigenvalue weighted by Gasteiger charge is 2.02. The molecule has 0 saturated heterocycles. The van der Waals surface area contributed by atoms with Gasteiger partial charge in [0.05, 0.1) is 4.47 Å². The van der Waals surface area contributed by atoms with Crippen LogP contribution in [-0.2, 0) is 13.0 Å². The zero-order valence-corrected chi connectivity index (χ0v) is 11.8. The summed E-state index contributed by atoms with van der Waals surface area (Å²) in [6.45, 7) is 0.922. The molecule has 0 bridgehead atoms. The Labute approximate surface area is 111 Å². The molecule has 0 amide bonds. The smallest absolute Gasteiger partial charge is 0.137 e. The van der Waals surface area contributed by atoms with Gasteiger partial charge >= 0.3 is 0 Å². The van der Waals surface area contributed by atoms with Gasteiger partial charge in [-0.05, 0) is 50.5 Å². The van der Waals surface area contributed by atoms with Crippen molar-refractivity contribution in [2.45, 2.75) is 13.0 Å². The molecule has 4 heteroatoms. The average molecular weight is 377 g/mol. The highest BCUT2D eigenvalue weighted by atomic mass is 127. The number of hydrogen-bond donors (Lipinski definition) is 0. The number of aryl methyl sites for hydroxylation is 2. The molecule has 0 spiro atoms. The lowest BCUT2D eigenvalue weighted by Crippen LogP contribution is -2.01. The molecule has 1 heterocycles. The van der Waals surface area contributed by atoms with Gasteiger partial charge in [0.15, 0.2) is 0 Å². The van der Waals surface area contributed by atoms with Gasteiger partial charge in [-0.3, -0.25) is 4.68 Å². The van der Waals surface area contributed by atoms with Crippen molar-refractivity contribution in [3.05, 3.63) is 50.3 Å². The van der Waals surface area contributed by atoms with Crippen LogP contribution < -0.4 is 0 Å². The maximum Gasteiger partial charge on any atom is 0.137 e. The molecule has 0 unspecified atom stereocenters. The van der Waals surface area contributed by atoms with Gasteiger partial charge in [-0.15, -0.1) is 0 Å². The molecule has 2 rings (SSSR count). The number of rotatable bonds is 3. The standard InChI is InChI=1S/C11H10BrIN2/c12-10-8-15(14-11(10)13)7-6-9-4-2-1-3-5-9/h1-5,8H,6-7H2. The van der Waals surface area contributed by atoms with Crippen LogP contribution in [0.25, 0.3) is 0 Å². The third kappa shape index (κ3) is 3.04. The van der Waals surface area contributed by atoms with Crippen molar-refractivity contribution >= 4 is 38.5 Å². The topological polar surface area (TPSA) is 17.8 Å². The lowest BCUT2D eigenvalue weighted by atomic mass is 10.2. The van der Waals surface area contributed by atoms with E-state index in [4.69, 9.17) is 0 Å². The van der Waals surface area contributed by atoms with Crippen LogP contribution in [0.5, 0.6) is 0 Å². The molecule has 2 nitrogen and oxygen atoms in total. The van der Waals surface area contributed by atoms with E-state index in [2.05, 4.69) is 67.9 Å². The number of hydrogen-bond acceptors (Lipinski definition) is 1. The Morgan fingerprint density at radius 2 is 2.00 bits per heavy atom. The fraction of sp³-hybridized carbons (Fsp3) is 0.182. The van der Waals surface area contributed by atoms with E-state index >= 15 is 0 Å². The first-order valence-electron chi connectivity index (χ1n) is 4.68. The van der Waals surface area contributed by atoms with Gasteiger partial charge in [-0.1, -0.05) is 30.3 Å². The van der Waals surface area contributed by atoms with E-state index < -0.39 is 0 Å². The summed E-state index contributed by atoms with van der Waals surface area (Å²) in [5.41, 5.74) is 1.35. The van der Waals surface area contributed by atoms with Gasteiger partial charge in [-0.25, -0.2) is 0 Å². The van der Waals surface area contributed by atoms with Crippen molar-refractivity contribution in [2.75, 3.05) is 0 Å². The number of aromatic nitrogens is 2. The highest BCUT2D eigenvalue weighted by molar-refractivity contribution is 14.1. The van der Waals surface area contributed by atoms with Crippen LogP contribution in [0.4, 0.5) is 0 Å². The summed E-state index contributed by atoms with van der Waals surface area (Å²) >= 11 is 5.67. The predicted molar refractivity (Wildman–Crippen MR) is 72.8 cm³/mol. The van der Waals surface area contributed by atoms with Crippen molar-refractivity contribution in [3.8, 4) is 0 Å². The van der Waals surface area contributed by atoms with Gasteiger partial charge < -0.3 is 0 Å². The monoisotopic (exact) mass is 376 g/mol. The molecule has 0 aliphatic carbocycles. The SMILES string of the molecule is Brc1cn(CCc2ccccc2)nc1I. The van der Waals surface area contributed by atoms with Crippen LogP contribution in [-0.4, -0.2) is 9.78 Å². The number of benzene rings is 1. The molecule has 0 fully saturated rings. The van der Waals surface area contributed by atoms with Crippen LogP contribution >= 0.6 is 38.5 Å². The normalized spacial score (nSPS) is 10.5. The molecule has 1 aromatic heterocycles. The zero-order valence-electron chi connectivity index (χ0n) is 8.03. The summed E-state index contributed by atoms with van der Waals surface area (Å²) in [6, 6.07) is 10.5. The highest BCUT2D eigenvalue weighted by Crippen LogP contribution is 2.16. The van der Waals surface area contributed by atoms with Crippen LogP contribution in [0.1, 0.15) is 5.56 Å². The largest absolute Gasteiger partial charge is 0.270 e. The van der Waals surface area contributed by atoms with Gasteiger partial charge in [0, 0.05) is 12.7 Å². The first-order chi connectivity index (χ1) is 7.25. The second-order valence-electron chi connectivity index (χ2n) is 3.27. The van der Waals surface area contributed by atoms with Gasteiger partial charge in [0.1, 0.15) is 3.70 Å². The van der Waals surface area contributed by atoms with E-state index in [1.54, 1.807) is 0 Å². The maximum atomic E-state index is 4.38. The zero-order chi connectivity index (χ0) is 10.7. The van der Waals surface area contributed by atoms with Crippen LogP contribution in [0.15, 0.2) is 41.0 Å².